The van der Waals surface area contributed by atoms with Gasteiger partial charge in [0.15, 0.2) is 0 Å². The number of urea groups is 1. The van der Waals surface area contributed by atoms with Gasteiger partial charge in [-0.1, -0.05) is 13.3 Å². The van der Waals surface area contributed by atoms with Crippen molar-refractivity contribution < 1.29 is 14.7 Å². The third-order valence-corrected chi connectivity index (χ3v) is 4.15. The molecule has 1 N–H and O–H groups in total. The summed E-state index contributed by atoms with van der Waals surface area (Å²) in [5.74, 6) is 0.778. The van der Waals surface area contributed by atoms with Crippen LogP contribution in [-0.4, -0.2) is 64.6 Å². The standard InChI is InChI=1S/C12H22N2O3S/c1-3-4-5-13(2)12(17)14-6-7-18-9-10(14)8-11(15)16/h10H,3-9H2,1-2H3,(H,15,16). The second-order valence-electron chi connectivity index (χ2n) is 4.58. The molecule has 104 valence electrons. The normalized spacial score (nSPS) is 19.7. The molecule has 1 atom stereocenters. The van der Waals surface area contributed by atoms with Crippen LogP contribution in [0.4, 0.5) is 4.79 Å². The van der Waals surface area contributed by atoms with Gasteiger partial charge in [0.05, 0.1) is 12.5 Å². The van der Waals surface area contributed by atoms with Crippen molar-refractivity contribution in [2.24, 2.45) is 0 Å². The molecule has 1 aliphatic heterocycles. The number of carbonyl (C=O) groups excluding carboxylic acids is 1. The first-order valence-electron chi connectivity index (χ1n) is 6.37. The first kappa shape index (κ1) is 15.1. The molecule has 1 aliphatic rings. The Kier molecular flexibility index (Phi) is 6.32. The Labute approximate surface area is 113 Å². The van der Waals surface area contributed by atoms with Gasteiger partial charge in [-0.3, -0.25) is 4.79 Å². The molecule has 6 heteroatoms. The van der Waals surface area contributed by atoms with Crippen LogP contribution in [0.25, 0.3) is 0 Å². The van der Waals surface area contributed by atoms with Gasteiger partial charge >= 0.3 is 12.0 Å². The van der Waals surface area contributed by atoms with Gasteiger partial charge in [-0.15, -0.1) is 0 Å². The van der Waals surface area contributed by atoms with Gasteiger partial charge in [0.25, 0.3) is 0 Å². The van der Waals surface area contributed by atoms with Gasteiger partial charge in [-0.05, 0) is 6.42 Å². The molecule has 0 aromatic heterocycles. The van der Waals surface area contributed by atoms with Crippen molar-refractivity contribution in [2.75, 3.05) is 31.6 Å². The van der Waals surface area contributed by atoms with Crippen LogP contribution < -0.4 is 0 Å². The molecule has 0 radical (unpaired) electrons. The van der Waals surface area contributed by atoms with Gasteiger partial charge in [0, 0.05) is 31.6 Å². The minimum Gasteiger partial charge on any atom is -0.481 e. The van der Waals surface area contributed by atoms with Crippen LogP contribution in [0.2, 0.25) is 0 Å². The maximum absolute atomic E-state index is 12.2. The molecule has 0 saturated carbocycles. The molecule has 1 unspecified atom stereocenters. The van der Waals surface area contributed by atoms with Gasteiger partial charge in [0.2, 0.25) is 0 Å². The molecule has 0 spiro atoms. The molecular weight excluding hydrogens is 252 g/mol. The SMILES string of the molecule is CCCCN(C)C(=O)N1CCSCC1CC(=O)O. The summed E-state index contributed by atoms with van der Waals surface area (Å²) in [6, 6.07) is -0.201. The van der Waals surface area contributed by atoms with E-state index in [1.807, 2.05) is 0 Å². The molecule has 0 aliphatic carbocycles. The van der Waals surface area contributed by atoms with Crippen molar-refractivity contribution in [3.63, 3.8) is 0 Å². The van der Waals surface area contributed by atoms with Crippen molar-refractivity contribution in [3.05, 3.63) is 0 Å². The quantitative estimate of drug-likeness (QED) is 0.829. The van der Waals surface area contributed by atoms with Gasteiger partial charge in [0.1, 0.15) is 0 Å². The zero-order valence-electron chi connectivity index (χ0n) is 11.1. The van der Waals surface area contributed by atoms with Crippen LogP contribution in [0.3, 0.4) is 0 Å². The predicted octanol–water partition coefficient (Wildman–Crippen LogP) is 1.73. The van der Waals surface area contributed by atoms with E-state index in [4.69, 9.17) is 5.11 Å². The third kappa shape index (κ3) is 4.40. The Morgan fingerprint density at radius 2 is 2.22 bits per heavy atom. The molecule has 0 bridgehead atoms. The van der Waals surface area contributed by atoms with Crippen LogP contribution in [-0.2, 0) is 4.79 Å². The molecule has 1 fully saturated rings. The number of carboxylic acids is 1. The van der Waals surface area contributed by atoms with Crippen molar-refractivity contribution >= 4 is 23.8 Å². The first-order valence-corrected chi connectivity index (χ1v) is 7.53. The average Bonchev–Trinajstić information content (AvgIpc) is 2.35. The van der Waals surface area contributed by atoms with Crippen LogP contribution in [0, 0.1) is 0 Å². The lowest BCUT2D eigenvalue weighted by Crippen LogP contribution is -2.51. The maximum atomic E-state index is 12.2. The topological polar surface area (TPSA) is 60.9 Å². The summed E-state index contributed by atoms with van der Waals surface area (Å²) >= 11 is 1.72. The molecule has 5 nitrogen and oxygen atoms in total. The van der Waals surface area contributed by atoms with E-state index < -0.39 is 5.97 Å². The summed E-state index contributed by atoms with van der Waals surface area (Å²) in [4.78, 5) is 26.5. The molecule has 1 saturated heterocycles. The molecule has 18 heavy (non-hydrogen) atoms. The molecule has 2 amide bonds. The van der Waals surface area contributed by atoms with E-state index in [0.717, 1.165) is 30.9 Å². The second-order valence-corrected chi connectivity index (χ2v) is 5.73. The number of hydrogen-bond donors (Lipinski definition) is 1. The highest BCUT2D eigenvalue weighted by Crippen LogP contribution is 2.20. The fraction of sp³-hybridized carbons (Fsp3) is 0.833. The van der Waals surface area contributed by atoms with Crippen molar-refractivity contribution in [1.82, 2.24) is 9.80 Å². The lowest BCUT2D eigenvalue weighted by molar-refractivity contribution is -0.138. The van der Waals surface area contributed by atoms with E-state index in [0.29, 0.717) is 6.54 Å². The molecule has 0 aromatic rings. The van der Waals surface area contributed by atoms with Crippen molar-refractivity contribution in [1.29, 1.82) is 0 Å². The van der Waals surface area contributed by atoms with Crippen LogP contribution in [0.5, 0.6) is 0 Å². The zero-order valence-corrected chi connectivity index (χ0v) is 11.9. The third-order valence-electron chi connectivity index (χ3n) is 3.06. The molecular formula is C12H22N2O3S. The number of amides is 2. The maximum Gasteiger partial charge on any atom is 0.320 e. The van der Waals surface area contributed by atoms with Crippen LogP contribution >= 0.6 is 11.8 Å². The molecule has 1 rings (SSSR count). The molecule has 1 heterocycles. The molecule has 0 aromatic carbocycles. The highest BCUT2D eigenvalue weighted by molar-refractivity contribution is 7.99. The highest BCUT2D eigenvalue weighted by Gasteiger charge is 2.30. The number of hydrogen-bond acceptors (Lipinski definition) is 3. The number of unbranched alkanes of at least 4 members (excludes halogenated alkanes) is 1. The van der Waals surface area contributed by atoms with Crippen molar-refractivity contribution in [2.45, 2.75) is 32.2 Å². The first-order chi connectivity index (χ1) is 8.56. The van der Waals surface area contributed by atoms with E-state index in [9.17, 15) is 9.59 Å². The second kappa shape index (κ2) is 7.51. The minimum atomic E-state index is -0.837. The summed E-state index contributed by atoms with van der Waals surface area (Å²) in [5, 5.41) is 8.88. The highest BCUT2D eigenvalue weighted by atomic mass is 32.2. The monoisotopic (exact) mass is 274 g/mol. The van der Waals surface area contributed by atoms with Gasteiger partial charge < -0.3 is 14.9 Å². The summed E-state index contributed by atoms with van der Waals surface area (Å²) < 4.78 is 0. The zero-order chi connectivity index (χ0) is 13.5. The summed E-state index contributed by atoms with van der Waals surface area (Å²) in [5.41, 5.74) is 0. The van der Waals surface area contributed by atoms with Crippen LogP contribution in [0.15, 0.2) is 0 Å². The lowest BCUT2D eigenvalue weighted by Gasteiger charge is -2.37. The van der Waals surface area contributed by atoms with Gasteiger partial charge in [-0.25, -0.2) is 4.79 Å². The minimum absolute atomic E-state index is 0.0324. The Bertz CT molecular complexity index is 299. The van der Waals surface area contributed by atoms with E-state index in [2.05, 4.69) is 6.92 Å². The Morgan fingerprint density at radius 3 is 2.83 bits per heavy atom. The number of carboxylic acid groups (broad SMARTS) is 1. The van der Waals surface area contributed by atoms with Crippen molar-refractivity contribution in [3.8, 4) is 0 Å². The smallest absolute Gasteiger partial charge is 0.320 e. The number of aliphatic carboxylic acids is 1. The van der Waals surface area contributed by atoms with E-state index in [-0.39, 0.29) is 18.5 Å². The largest absolute Gasteiger partial charge is 0.481 e. The summed E-state index contributed by atoms with van der Waals surface area (Å²) in [7, 11) is 1.79. The van der Waals surface area contributed by atoms with E-state index in [1.165, 1.54) is 0 Å². The Hall–Kier alpha value is -0.910. The Morgan fingerprint density at radius 1 is 1.50 bits per heavy atom. The van der Waals surface area contributed by atoms with E-state index >= 15 is 0 Å². The fourth-order valence-electron chi connectivity index (χ4n) is 1.99. The van der Waals surface area contributed by atoms with Gasteiger partial charge in [-0.2, -0.15) is 11.8 Å². The van der Waals surface area contributed by atoms with Crippen LogP contribution in [0.1, 0.15) is 26.2 Å². The number of rotatable bonds is 5. The number of thioether (sulfide) groups is 1. The lowest BCUT2D eigenvalue weighted by atomic mass is 10.2. The average molecular weight is 274 g/mol. The number of carbonyl (C=O) groups is 2. The summed E-state index contributed by atoms with van der Waals surface area (Å²) in [6.45, 7) is 3.47. The fourth-order valence-corrected chi connectivity index (χ4v) is 3.05. The van der Waals surface area contributed by atoms with E-state index in [1.54, 1.807) is 28.6 Å². The number of nitrogens with zero attached hydrogens (tertiary/aromatic N) is 2. The predicted molar refractivity (Wildman–Crippen MR) is 73.0 cm³/mol. The summed E-state index contributed by atoms with van der Waals surface area (Å²) in [6.07, 6.45) is 2.07. The Balaban J connectivity index is 2.58.